The number of ether oxygens (including phenoxy) is 2. The minimum atomic E-state index is -0.491. The van der Waals surface area contributed by atoms with E-state index in [-0.39, 0.29) is 11.9 Å². The van der Waals surface area contributed by atoms with Crippen LogP contribution in [0.1, 0.15) is 52.5 Å². The van der Waals surface area contributed by atoms with E-state index in [1.54, 1.807) is 6.92 Å². The van der Waals surface area contributed by atoms with Crippen LogP contribution in [0, 0.1) is 0 Å². The van der Waals surface area contributed by atoms with Gasteiger partial charge in [-0.1, -0.05) is 31.2 Å². The van der Waals surface area contributed by atoms with Crippen LogP contribution in [0.2, 0.25) is 0 Å². The van der Waals surface area contributed by atoms with Gasteiger partial charge in [-0.25, -0.2) is 0 Å². The van der Waals surface area contributed by atoms with E-state index < -0.39 is 6.10 Å². The van der Waals surface area contributed by atoms with Crippen molar-refractivity contribution in [3.63, 3.8) is 0 Å². The number of aromatic nitrogens is 1. The lowest BCUT2D eigenvalue weighted by atomic mass is 9.95. The molecule has 0 N–H and O–H groups in total. The van der Waals surface area contributed by atoms with Crippen LogP contribution < -0.4 is 4.74 Å². The summed E-state index contributed by atoms with van der Waals surface area (Å²) in [4.78, 5) is 29.0. The third kappa shape index (κ3) is 7.04. The molecule has 6 nitrogen and oxygen atoms in total. The number of aryl methyl sites for hydroxylation is 1. The lowest BCUT2D eigenvalue weighted by Gasteiger charge is -2.29. The molecule has 0 bridgehead atoms. The highest BCUT2D eigenvalue weighted by Gasteiger charge is 2.23. The van der Waals surface area contributed by atoms with Crippen molar-refractivity contribution >= 4 is 22.8 Å². The molecule has 0 aliphatic carbocycles. The van der Waals surface area contributed by atoms with E-state index >= 15 is 0 Å². The summed E-state index contributed by atoms with van der Waals surface area (Å²) >= 11 is 0. The Morgan fingerprint density at radius 3 is 2.40 bits per heavy atom. The van der Waals surface area contributed by atoms with Crippen molar-refractivity contribution in [1.29, 1.82) is 0 Å². The summed E-state index contributed by atoms with van der Waals surface area (Å²) in [6.07, 6.45) is 5.71. The highest BCUT2D eigenvalue weighted by Crippen LogP contribution is 2.32. The second-order valence-electron chi connectivity index (χ2n) is 8.62. The fourth-order valence-corrected chi connectivity index (χ4v) is 4.36. The molecule has 1 saturated heterocycles. The number of rotatable bonds is 6. The van der Waals surface area contributed by atoms with Crippen LogP contribution in [0.25, 0.3) is 22.0 Å². The molecule has 2 heterocycles. The highest BCUT2D eigenvalue weighted by molar-refractivity contribution is 5.95. The summed E-state index contributed by atoms with van der Waals surface area (Å²) in [7, 11) is 0. The van der Waals surface area contributed by atoms with Crippen LogP contribution in [0.3, 0.4) is 0 Å². The molecule has 1 amide bonds. The Labute approximate surface area is 208 Å². The largest absolute Gasteiger partial charge is 0.481 e. The molecule has 1 unspecified atom stereocenters. The Balaban J connectivity index is 0.000000509. The zero-order valence-corrected chi connectivity index (χ0v) is 21.3. The molecule has 0 saturated carbocycles. The molecule has 1 fully saturated rings. The van der Waals surface area contributed by atoms with Crippen LogP contribution in [-0.4, -0.2) is 47.6 Å². The molecule has 6 heteroatoms. The van der Waals surface area contributed by atoms with Crippen molar-refractivity contribution in [2.45, 2.75) is 59.5 Å². The minimum Gasteiger partial charge on any atom is -0.481 e. The number of amides is 1. The van der Waals surface area contributed by atoms with Gasteiger partial charge in [0, 0.05) is 37.7 Å². The first-order valence-electron chi connectivity index (χ1n) is 12.5. The molecule has 4 rings (SSSR count). The summed E-state index contributed by atoms with van der Waals surface area (Å²) < 4.78 is 10.4. The van der Waals surface area contributed by atoms with Crippen LogP contribution in [0.5, 0.6) is 5.75 Å². The normalized spacial score (nSPS) is 14.0. The number of fused-ring (bicyclic) bond motifs is 1. The molecule has 186 valence electrons. The minimum absolute atomic E-state index is 0.0726. The maximum Gasteiger partial charge on any atom is 0.302 e. The fraction of sp³-hybridized carbons (Fsp3) is 0.414. The van der Waals surface area contributed by atoms with Crippen LogP contribution >= 0.6 is 0 Å². The average Bonchev–Trinajstić information content (AvgIpc) is 2.88. The van der Waals surface area contributed by atoms with E-state index in [0.717, 1.165) is 43.3 Å². The molecular weight excluding hydrogens is 440 g/mol. The Morgan fingerprint density at radius 1 is 1.00 bits per heavy atom. The zero-order chi connectivity index (χ0) is 25.2. The zero-order valence-electron chi connectivity index (χ0n) is 21.3. The number of benzene rings is 2. The molecule has 0 spiro atoms. The van der Waals surface area contributed by atoms with Crippen LogP contribution in [0.15, 0.2) is 54.7 Å². The standard InChI is InChI=1S/C25H28N2O2.C4H8O2/c1-3-19-9-5-6-10-21(19)22-13-14-26-24-17-20(11-12-23(22)24)29-18(2)25(28)27-15-7-4-8-16-27;1-3-6-4(2)5/h5-6,9-14,17-18H,3-4,7-8,15-16H2,1-2H3;3H2,1-2H3. The van der Waals surface area contributed by atoms with E-state index in [9.17, 15) is 9.59 Å². The van der Waals surface area contributed by atoms with Crippen molar-refractivity contribution in [3.05, 3.63) is 60.3 Å². The molecule has 1 aliphatic rings. The van der Waals surface area contributed by atoms with E-state index in [0.29, 0.717) is 12.4 Å². The summed E-state index contributed by atoms with van der Waals surface area (Å²) in [5, 5.41) is 1.09. The summed E-state index contributed by atoms with van der Waals surface area (Å²) in [6.45, 7) is 9.34. The van der Waals surface area contributed by atoms with Gasteiger partial charge in [-0.05, 0) is 74.4 Å². The van der Waals surface area contributed by atoms with Gasteiger partial charge in [-0.2, -0.15) is 0 Å². The number of piperidine rings is 1. The highest BCUT2D eigenvalue weighted by atomic mass is 16.5. The van der Waals surface area contributed by atoms with Crippen molar-refractivity contribution < 1.29 is 19.1 Å². The van der Waals surface area contributed by atoms with E-state index in [4.69, 9.17) is 4.74 Å². The third-order valence-corrected chi connectivity index (χ3v) is 6.08. The molecule has 1 aliphatic heterocycles. The number of pyridine rings is 1. The summed E-state index contributed by atoms with van der Waals surface area (Å²) in [5.74, 6) is 0.546. The fourth-order valence-electron chi connectivity index (χ4n) is 4.36. The Kier molecular flexibility index (Phi) is 9.65. The number of hydrogen-bond acceptors (Lipinski definition) is 5. The lowest BCUT2D eigenvalue weighted by molar-refractivity contribution is -0.140. The van der Waals surface area contributed by atoms with Gasteiger partial charge in [-0.3, -0.25) is 14.6 Å². The molecule has 0 radical (unpaired) electrons. The van der Waals surface area contributed by atoms with Gasteiger partial charge < -0.3 is 14.4 Å². The van der Waals surface area contributed by atoms with Gasteiger partial charge in [0.25, 0.3) is 5.91 Å². The smallest absolute Gasteiger partial charge is 0.302 e. The van der Waals surface area contributed by atoms with Gasteiger partial charge in [-0.15, -0.1) is 0 Å². The average molecular weight is 477 g/mol. The van der Waals surface area contributed by atoms with Gasteiger partial charge in [0.15, 0.2) is 6.10 Å². The van der Waals surface area contributed by atoms with Crippen molar-refractivity contribution in [2.24, 2.45) is 0 Å². The lowest BCUT2D eigenvalue weighted by Crippen LogP contribution is -2.43. The van der Waals surface area contributed by atoms with Crippen molar-refractivity contribution in [2.75, 3.05) is 19.7 Å². The first-order valence-corrected chi connectivity index (χ1v) is 12.5. The van der Waals surface area contributed by atoms with Gasteiger partial charge in [0.2, 0.25) is 0 Å². The quantitative estimate of drug-likeness (QED) is 0.420. The van der Waals surface area contributed by atoms with Crippen LogP contribution in [0.4, 0.5) is 0 Å². The topological polar surface area (TPSA) is 68.7 Å². The Hall–Kier alpha value is -3.41. The molecule has 1 aromatic heterocycles. The van der Waals surface area contributed by atoms with E-state index in [1.165, 1.54) is 30.0 Å². The van der Waals surface area contributed by atoms with Crippen LogP contribution in [-0.2, 0) is 20.7 Å². The maximum atomic E-state index is 12.7. The Bertz CT molecular complexity index is 1140. The molecule has 3 aromatic rings. The number of hydrogen-bond donors (Lipinski definition) is 0. The summed E-state index contributed by atoms with van der Waals surface area (Å²) in [5.41, 5.74) is 4.62. The third-order valence-electron chi connectivity index (χ3n) is 6.08. The van der Waals surface area contributed by atoms with Crippen molar-refractivity contribution in [1.82, 2.24) is 9.88 Å². The van der Waals surface area contributed by atoms with E-state index in [1.807, 2.05) is 30.2 Å². The maximum absolute atomic E-state index is 12.7. The predicted molar refractivity (Wildman–Crippen MR) is 139 cm³/mol. The molecule has 1 atom stereocenters. The van der Waals surface area contributed by atoms with Gasteiger partial charge in [0.1, 0.15) is 5.75 Å². The molecule has 35 heavy (non-hydrogen) atoms. The monoisotopic (exact) mass is 476 g/mol. The second-order valence-corrected chi connectivity index (χ2v) is 8.62. The summed E-state index contributed by atoms with van der Waals surface area (Å²) in [6, 6.07) is 16.5. The number of esters is 1. The Morgan fingerprint density at radius 2 is 1.74 bits per heavy atom. The van der Waals surface area contributed by atoms with Crippen molar-refractivity contribution in [3.8, 4) is 16.9 Å². The molecule has 2 aromatic carbocycles. The number of carbonyl (C=O) groups is 2. The number of carbonyl (C=O) groups excluding carboxylic acids is 2. The SMILES string of the molecule is CCOC(C)=O.CCc1ccccc1-c1ccnc2cc(OC(C)C(=O)N3CCCCC3)ccc12. The number of likely N-dealkylation sites (tertiary alicyclic amines) is 1. The number of nitrogens with zero attached hydrogens (tertiary/aromatic N) is 2. The van der Waals surface area contributed by atoms with Gasteiger partial charge >= 0.3 is 5.97 Å². The van der Waals surface area contributed by atoms with Gasteiger partial charge in [0.05, 0.1) is 12.1 Å². The first kappa shape index (κ1) is 26.2. The molecular formula is C29H36N2O4. The van der Waals surface area contributed by atoms with E-state index in [2.05, 4.69) is 53.0 Å². The second kappa shape index (κ2) is 12.9. The first-order chi connectivity index (χ1) is 16.9. The predicted octanol–water partition coefficient (Wildman–Crippen LogP) is 5.81.